The zero-order chi connectivity index (χ0) is 11.5. The largest absolute Gasteiger partial charge is 0.384 e. The lowest BCUT2D eigenvalue weighted by molar-refractivity contribution is 0.0756. The van der Waals surface area contributed by atoms with Crippen molar-refractivity contribution < 1.29 is 4.79 Å². The van der Waals surface area contributed by atoms with Crippen LogP contribution in [0, 0.1) is 5.92 Å². The van der Waals surface area contributed by atoms with Gasteiger partial charge >= 0.3 is 0 Å². The lowest BCUT2D eigenvalue weighted by Crippen LogP contribution is -2.32. The van der Waals surface area contributed by atoms with E-state index in [-0.39, 0.29) is 5.91 Å². The van der Waals surface area contributed by atoms with Crippen LogP contribution < -0.4 is 5.73 Å². The number of hydrogen-bond acceptors (Lipinski definition) is 3. The Morgan fingerprint density at radius 2 is 2.31 bits per heavy atom. The molecule has 2 N–H and O–H groups in total. The molecule has 1 heterocycles. The maximum atomic E-state index is 12.1. The van der Waals surface area contributed by atoms with Gasteiger partial charge < -0.3 is 10.6 Å². The number of carbonyl (C=O) groups is 1. The van der Waals surface area contributed by atoms with Gasteiger partial charge in [0.2, 0.25) is 0 Å². The second-order valence-corrected chi connectivity index (χ2v) is 4.26. The number of nitrogens with zero attached hydrogens (tertiary/aromatic N) is 2. The van der Waals surface area contributed by atoms with E-state index in [1.807, 2.05) is 11.8 Å². The second-order valence-electron chi connectivity index (χ2n) is 4.26. The van der Waals surface area contributed by atoms with Gasteiger partial charge in [-0.05, 0) is 37.8 Å². The molecule has 0 atom stereocenters. The van der Waals surface area contributed by atoms with Crippen LogP contribution in [-0.2, 0) is 0 Å². The van der Waals surface area contributed by atoms with Gasteiger partial charge in [0.1, 0.15) is 5.82 Å². The van der Waals surface area contributed by atoms with Crippen LogP contribution in [0.4, 0.5) is 5.82 Å². The van der Waals surface area contributed by atoms with Crippen molar-refractivity contribution in [1.29, 1.82) is 0 Å². The standard InChI is InChI=1S/C12H17N3O/c1-2-15(8-9-3-4-9)12(16)10-5-6-11(13)14-7-10/h5-7,9H,2-4,8H2,1H3,(H2,13,14). The molecule has 2 rings (SSSR count). The van der Waals surface area contributed by atoms with Crippen LogP contribution in [0.5, 0.6) is 0 Å². The van der Waals surface area contributed by atoms with E-state index in [9.17, 15) is 4.79 Å². The van der Waals surface area contributed by atoms with Crippen molar-refractivity contribution in [1.82, 2.24) is 9.88 Å². The molecule has 1 amide bonds. The first kappa shape index (κ1) is 10.9. The van der Waals surface area contributed by atoms with E-state index in [1.54, 1.807) is 18.3 Å². The van der Waals surface area contributed by atoms with Crippen LogP contribution in [0.15, 0.2) is 18.3 Å². The molecule has 1 saturated carbocycles. The quantitative estimate of drug-likeness (QED) is 0.835. The summed E-state index contributed by atoms with van der Waals surface area (Å²) in [5.74, 6) is 1.22. The third-order valence-electron chi connectivity index (χ3n) is 2.88. The Labute approximate surface area is 95.5 Å². The monoisotopic (exact) mass is 219 g/mol. The number of rotatable bonds is 4. The predicted octanol–water partition coefficient (Wildman–Crippen LogP) is 1.54. The molecule has 0 saturated heterocycles. The smallest absolute Gasteiger partial charge is 0.255 e. The summed E-state index contributed by atoms with van der Waals surface area (Å²) < 4.78 is 0. The molecule has 4 nitrogen and oxygen atoms in total. The number of nitrogens with two attached hydrogens (primary N) is 1. The molecule has 0 spiro atoms. The van der Waals surface area contributed by atoms with Crippen molar-refractivity contribution in [3.63, 3.8) is 0 Å². The first-order chi connectivity index (χ1) is 7.70. The highest BCUT2D eigenvalue weighted by Crippen LogP contribution is 2.30. The fourth-order valence-electron chi connectivity index (χ4n) is 1.68. The maximum Gasteiger partial charge on any atom is 0.255 e. The van der Waals surface area contributed by atoms with E-state index in [1.165, 1.54) is 12.8 Å². The summed E-state index contributed by atoms with van der Waals surface area (Å²) in [7, 11) is 0. The normalized spacial score (nSPS) is 14.8. The molecule has 0 radical (unpaired) electrons. The summed E-state index contributed by atoms with van der Waals surface area (Å²) >= 11 is 0. The maximum absolute atomic E-state index is 12.1. The van der Waals surface area contributed by atoms with Gasteiger partial charge in [-0.15, -0.1) is 0 Å². The number of nitrogen functional groups attached to an aromatic ring is 1. The number of hydrogen-bond donors (Lipinski definition) is 1. The van der Waals surface area contributed by atoms with Gasteiger partial charge in [0.15, 0.2) is 0 Å². The van der Waals surface area contributed by atoms with Gasteiger partial charge in [-0.25, -0.2) is 4.98 Å². The SMILES string of the molecule is CCN(CC1CC1)C(=O)c1ccc(N)nc1. The molecular formula is C12H17N3O. The first-order valence-electron chi connectivity index (χ1n) is 5.71. The van der Waals surface area contributed by atoms with E-state index < -0.39 is 0 Å². The number of pyridine rings is 1. The Morgan fingerprint density at radius 1 is 1.56 bits per heavy atom. The summed E-state index contributed by atoms with van der Waals surface area (Å²) in [6.45, 7) is 3.63. The van der Waals surface area contributed by atoms with Gasteiger partial charge in [0, 0.05) is 19.3 Å². The van der Waals surface area contributed by atoms with E-state index in [2.05, 4.69) is 4.98 Å². The number of amides is 1. The highest BCUT2D eigenvalue weighted by atomic mass is 16.2. The van der Waals surface area contributed by atoms with Gasteiger partial charge in [-0.2, -0.15) is 0 Å². The van der Waals surface area contributed by atoms with Gasteiger partial charge in [-0.1, -0.05) is 0 Å². The van der Waals surface area contributed by atoms with Crippen molar-refractivity contribution >= 4 is 11.7 Å². The molecule has 0 bridgehead atoms. The first-order valence-corrected chi connectivity index (χ1v) is 5.71. The van der Waals surface area contributed by atoms with Crippen LogP contribution in [0.25, 0.3) is 0 Å². The van der Waals surface area contributed by atoms with Crippen molar-refractivity contribution in [3.05, 3.63) is 23.9 Å². The Hall–Kier alpha value is -1.58. The van der Waals surface area contributed by atoms with Crippen LogP contribution in [0.2, 0.25) is 0 Å². The summed E-state index contributed by atoms with van der Waals surface area (Å²) in [4.78, 5) is 17.9. The van der Waals surface area contributed by atoms with Crippen LogP contribution in [0.3, 0.4) is 0 Å². The lowest BCUT2D eigenvalue weighted by Gasteiger charge is -2.20. The van der Waals surface area contributed by atoms with E-state index >= 15 is 0 Å². The molecule has 1 aromatic heterocycles. The van der Waals surface area contributed by atoms with Crippen molar-refractivity contribution in [3.8, 4) is 0 Å². The van der Waals surface area contributed by atoms with Crippen molar-refractivity contribution in [2.24, 2.45) is 5.92 Å². The van der Waals surface area contributed by atoms with Crippen LogP contribution >= 0.6 is 0 Å². The van der Waals surface area contributed by atoms with Gasteiger partial charge in [-0.3, -0.25) is 4.79 Å². The predicted molar refractivity (Wildman–Crippen MR) is 63.0 cm³/mol. The highest BCUT2D eigenvalue weighted by Gasteiger charge is 2.26. The minimum absolute atomic E-state index is 0.0573. The molecule has 1 aliphatic rings. The molecule has 4 heteroatoms. The minimum Gasteiger partial charge on any atom is -0.384 e. The number of carbonyl (C=O) groups excluding carboxylic acids is 1. The lowest BCUT2D eigenvalue weighted by atomic mass is 10.2. The summed E-state index contributed by atoms with van der Waals surface area (Å²) in [5.41, 5.74) is 6.11. The fourth-order valence-corrected chi connectivity index (χ4v) is 1.68. The average molecular weight is 219 g/mol. The number of aromatic nitrogens is 1. The molecule has 0 aromatic carbocycles. The average Bonchev–Trinajstić information content (AvgIpc) is 3.10. The Kier molecular flexibility index (Phi) is 3.08. The van der Waals surface area contributed by atoms with E-state index in [4.69, 9.17) is 5.73 Å². The Bertz CT molecular complexity index is 370. The second kappa shape index (κ2) is 4.51. The van der Waals surface area contributed by atoms with E-state index in [0.717, 1.165) is 13.1 Å². The molecule has 1 aromatic rings. The third-order valence-corrected chi connectivity index (χ3v) is 2.88. The molecule has 0 aliphatic heterocycles. The Balaban J connectivity index is 2.06. The summed E-state index contributed by atoms with van der Waals surface area (Å²) in [6.07, 6.45) is 4.06. The molecule has 1 fully saturated rings. The summed E-state index contributed by atoms with van der Waals surface area (Å²) in [5, 5.41) is 0. The highest BCUT2D eigenvalue weighted by molar-refractivity contribution is 5.94. The minimum atomic E-state index is 0.0573. The van der Waals surface area contributed by atoms with Crippen LogP contribution in [0.1, 0.15) is 30.1 Å². The molecule has 86 valence electrons. The van der Waals surface area contributed by atoms with E-state index in [0.29, 0.717) is 17.3 Å². The summed E-state index contributed by atoms with van der Waals surface area (Å²) in [6, 6.07) is 3.40. The third kappa shape index (κ3) is 2.51. The Morgan fingerprint density at radius 3 is 2.81 bits per heavy atom. The number of anilines is 1. The van der Waals surface area contributed by atoms with Gasteiger partial charge in [0.05, 0.1) is 5.56 Å². The topological polar surface area (TPSA) is 59.2 Å². The molecule has 16 heavy (non-hydrogen) atoms. The molecular weight excluding hydrogens is 202 g/mol. The van der Waals surface area contributed by atoms with Gasteiger partial charge in [0.25, 0.3) is 5.91 Å². The fraction of sp³-hybridized carbons (Fsp3) is 0.500. The zero-order valence-electron chi connectivity index (χ0n) is 9.52. The van der Waals surface area contributed by atoms with Crippen LogP contribution in [-0.4, -0.2) is 28.9 Å². The zero-order valence-corrected chi connectivity index (χ0v) is 9.52. The van der Waals surface area contributed by atoms with Crippen molar-refractivity contribution in [2.45, 2.75) is 19.8 Å². The molecule has 0 unspecified atom stereocenters. The molecule has 1 aliphatic carbocycles. The van der Waals surface area contributed by atoms with Crippen molar-refractivity contribution in [2.75, 3.05) is 18.8 Å².